The predicted octanol–water partition coefficient (Wildman–Crippen LogP) is 3.11. The lowest BCUT2D eigenvalue weighted by Gasteiger charge is -2.17. The Morgan fingerprint density at radius 1 is 1.45 bits per heavy atom. The lowest BCUT2D eigenvalue weighted by molar-refractivity contribution is -0.128. The maximum absolute atomic E-state index is 13.6. The molecule has 0 spiro atoms. The van der Waals surface area contributed by atoms with E-state index in [0.717, 1.165) is 10.7 Å². The molecule has 118 valence electrons. The summed E-state index contributed by atoms with van der Waals surface area (Å²) in [6.45, 7) is 4.26. The zero-order valence-electron chi connectivity index (χ0n) is 12.6. The Bertz CT molecular complexity index is 630. The van der Waals surface area contributed by atoms with Gasteiger partial charge in [-0.25, -0.2) is 9.37 Å². The van der Waals surface area contributed by atoms with Crippen LogP contribution in [-0.4, -0.2) is 23.5 Å². The molecule has 0 fully saturated rings. The molecule has 1 aromatic heterocycles. The third-order valence-corrected chi connectivity index (χ3v) is 3.94. The highest BCUT2D eigenvalue weighted by Gasteiger charge is 2.19. The van der Waals surface area contributed by atoms with E-state index in [4.69, 9.17) is 4.74 Å². The van der Waals surface area contributed by atoms with E-state index in [2.05, 4.69) is 10.3 Å². The normalized spacial score (nSPS) is 12.0. The third-order valence-electron chi connectivity index (χ3n) is 3.12. The fourth-order valence-corrected chi connectivity index (χ4v) is 2.61. The highest BCUT2D eigenvalue weighted by atomic mass is 32.1. The van der Waals surface area contributed by atoms with Crippen LogP contribution in [0.1, 0.15) is 24.0 Å². The van der Waals surface area contributed by atoms with Crippen LogP contribution in [0.5, 0.6) is 5.75 Å². The minimum absolute atomic E-state index is 0.0969. The Hall–Kier alpha value is -1.95. The van der Waals surface area contributed by atoms with Crippen molar-refractivity contribution >= 4 is 17.2 Å². The number of amides is 1. The molecule has 0 unspecified atom stereocenters. The van der Waals surface area contributed by atoms with Crippen molar-refractivity contribution in [2.24, 2.45) is 0 Å². The van der Waals surface area contributed by atoms with E-state index < -0.39 is 11.9 Å². The molecule has 0 radical (unpaired) electrons. The van der Waals surface area contributed by atoms with Crippen molar-refractivity contribution in [2.75, 3.05) is 6.54 Å². The van der Waals surface area contributed by atoms with Crippen LogP contribution in [0, 0.1) is 12.7 Å². The van der Waals surface area contributed by atoms with Crippen LogP contribution < -0.4 is 10.1 Å². The average molecular weight is 322 g/mol. The largest absolute Gasteiger partial charge is 0.478 e. The smallest absolute Gasteiger partial charge is 0.261 e. The summed E-state index contributed by atoms with van der Waals surface area (Å²) in [5, 5.41) is 5.80. The highest BCUT2D eigenvalue weighted by molar-refractivity contribution is 7.09. The number of nitrogens with one attached hydrogen (secondary N) is 1. The molecule has 1 aromatic carbocycles. The summed E-state index contributed by atoms with van der Waals surface area (Å²) in [7, 11) is 0. The second-order valence-corrected chi connectivity index (χ2v) is 5.91. The topological polar surface area (TPSA) is 51.2 Å². The Morgan fingerprint density at radius 3 is 2.86 bits per heavy atom. The first-order valence-electron chi connectivity index (χ1n) is 7.20. The lowest BCUT2D eigenvalue weighted by Crippen LogP contribution is -2.39. The quantitative estimate of drug-likeness (QED) is 0.852. The van der Waals surface area contributed by atoms with E-state index in [-0.39, 0.29) is 11.7 Å². The summed E-state index contributed by atoms with van der Waals surface area (Å²) in [5.74, 6) is -0.607. The number of ether oxygens (including phenoxy) is 1. The minimum atomic E-state index is -0.700. The molecule has 22 heavy (non-hydrogen) atoms. The number of para-hydroxylation sites is 1. The van der Waals surface area contributed by atoms with Gasteiger partial charge in [0.25, 0.3) is 5.91 Å². The molecular weight excluding hydrogens is 303 g/mol. The van der Waals surface area contributed by atoms with Gasteiger partial charge < -0.3 is 10.1 Å². The van der Waals surface area contributed by atoms with Gasteiger partial charge in [0, 0.05) is 18.3 Å². The van der Waals surface area contributed by atoms with Crippen LogP contribution >= 0.6 is 11.3 Å². The number of carbonyl (C=O) groups excluding carboxylic acids is 1. The van der Waals surface area contributed by atoms with Crippen LogP contribution in [0.15, 0.2) is 29.6 Å². The molecule has 0 saturated heterocycles. The highest BCUT2D eigenvalue weighted by Crippen LogP contribution is 2.18. The first kappa shape index (κ1) is 16.4. The second-order valence-electron chi connectivity index (χ2n) is 4.84. The van der Waals surface area contributed by atoms with Gasteiger partial charge in [0.2, 0.25) is 0 Å². The minimum Gasteiger partial charge on any atom is -0.478 e. The molecule has 1 atom stereocenters. The molecule has 0 aliphatic heterocycles. The van der Waals surface area contributed by atoms with Crippen LogP contribution in [0.4, 0.5) is 4.39 Å². The van der Waals surface area contributed by atoms with Gasteiger partial charge in [0.15, 0.2) is 17.7 Å². The van der Waals surface area contributed by atoms with Gasteiger partial charge in [-0.05, 0) is 25.5 Å². The summed E-state index contributed by atoms with van der Waals surface area (Å²) in [6, 6.07) is 6.08. The van der Waals surface area contributed by atoms with Gasteiger partial charge in [0.1, 0.15) is 0 Å². The number of aromatic nitrogens is 1. The number of rotatable bonds is 7. The fourth-order valence-electron chi connectivity index (χ4n) is 1.97. The Kier molecular flexibility index (Phi) is 5.89. The van der Waals surface area contributed by atoms with E-state index in [1.807, 2.05) is 19.2 Å². The molecule has 1 heterocycles. The lowest BCUT2D eigenvalue weighted by atomic mass is 10.2. The summed E-state index contributed by atoms with van der Waals surface area (Å²) in [6.07, 6.45) is 0.441. The number of hydrogen-bond donors (Lipinski definition) is 1. The number of carbonyl (C=O) groups is 1. The van der Waals surface area contributed by atoms with Crippen molar-refractivity contribution in [2.45, 2.75) is 32.8 Å². The Balaban J connectivity index is 1.85. The van der Waals surface area contributed by atoms with Crippen LogP contribution in [0.3, 0.4) is 0 Å². The van der Waals surface area contributed by atoms with Gasteiger partial charge in [-0.3, -0.25) is 4.79 Å². The van der Waals surface area contributed by atoms with Crippen molar-refractivity contribution in [3.8, 4) is 5.75 Å². The Labute approximate surface area is 133 Å². The monoisotopic (exact) mass is 322 g/mol. The van der Waals surface area contributed by atoms with Gasteiger partial charge in [-0.1, -0.05) is 19.1 Å². The van der Waals surface area contributed by atoms with Crippen molar-refractivity contribution in [1.82, 2.24) is 10.3 Å². The summed E-state index contributed by atoms with van der Waals surface area (Å²) >= 11 is 1.59. The maximum atomic E-state index is 13.6. The molecule has 0 aliphatic rings. The molecule has 2 rings (SSSR count). The SMILES string of the molecule is CC[C@@H](Oc1ccccc1F)C(=O)NCCc1csc(C)n1. The van der Waals surface area contributed by atoms with Crippen molar-refractivity contribution < 1.29 is 13.9 Å². The van der Waals surface area contributed by atoms with E-state index in [1.165, 1.54) is 12.1 Å². The van der Waals surface area contributed by atoms with E-state index in [1.54, 1.807) is 23.5 Å². The first-order valence-corrected chi connectivity index (χ1v) is 8.08. The molecule has 6 heteroatoms. The first-order chi connectivity index (χ1) is 10.6. The molecular formula is C16H19FN2O2S. The van der Waals surface area contributed by atoms with Crippen molar-refractivity contribution in [1.29, 1.82) is 0 Å². The summed E-state index contributed by atoms with van der Waals surface area (Å²) in [4.78, 5) is 16.4. The van der Waals surface area contributed by atoms with Crippen molar-refractivity contribution in [3.63, 3.8) is 0 Å². The maximum Gasteiger partial charge on any atom is 0.261 e. The third kappa shape index (κ3) is 4.53. The van der Waals surface area contributed by atoms with Gasteiger partial charge in [0.05, 0.1) is 10.7 Å². The number of hydrogen-bond acceptors (Lipinski definition) is 4. The molecule has 0 bridgehead atoms. The van der Waals surface area contributed by atoms with E-state index in [0.29, 0.717) is 19.4 Å². The van der Waals surface area contributed by atoms with E-state index in [9.17, 15) is 9.18 Å². The van der Waals surface area contributed by atoms with Crippen LogP contribution in [0.2, 0.25) is 0 Å². The van der Waals surface area contributed by atoms with E-state index >= 15 is 0 Å². The number of halogens is 1. The molecule has 4 nitrogen and oxygen atoms in total. The van der Waals surface area contributed by atoms with Crippen LogP contribution in [0.25, 0.3) is 0 Å². The van der Waals surface area contributed by atoms with Gasteiger partial charge >= 0.3 is 0 Å². The van der Waals surface area contributed by atoms with Gasteiger partial charge in [-0.2, -0.15) is 0 Å². The number of benzene rings is 1. The molecule has 0 saturated carbocycles. The fraction of sp³-hybridized carbons (Fsp3) is 0.375. The number of thiazole rings is 1. The zero-order valence-corrected chi connectivity index (χ0v) is 13.5. The second kappa shape index (κ2) is 7.89. The zero-order chi connectivity index (χ0) is 15.9. The Morgan fingerprint density at radius 2 is 2.23 bits per heavy atom. The molecule has 1 N–H and O–H groups in total. The summed E-state index contributed by atoms with van der Waals surface area (Å²) < 4.78 is 19.0. The standard InChI is InChI=1S/C16H19FN2O2S/c1-3-14(21-15-7-5-4-6-13(15)17)16(20)18-9-8-12-10-22-11(2)19-12/h4-7,10,14H,3,8-9H2,1-2H3,(H,18,20)/t14-/m1/s1. The molecule has 0 aliphatic carbocycles. The average Bonchev–Trinajstić information content (AvgIpc) is 2.92. The predicted molar refractivity (Wildman–Crippen MR) is 84.7 cm³/mol. The molecule has 1 amide bonds. The molecule has 2 aromatic rings. The van der Waals surface area contributed by atoms with Gasteiger partial charge in [-0.15, -0.1) is 11.3 Å². The van der Waals surface area contributed by atoms with Crippen molar-refractivity contribution in [3.05, 3.63) is 46.2 Å². The number of aryl methyl sites for hydroxylation is 1. The van der Waals surface area contributed by atoms with Crippen LogP contribution in [-0.2, 0) is 11.2 Å². The number of nitrogens with zero attached hydrogens (tertiary/aromatic N) is 1. The summed E-state index contributed by atoms with van der Waals surface area (Å²) in [5.41, 5.74) is 0.964.